The summed E-state index contributed by atoms with van der Waals surface area (Å²) in [6, 6.07) is 5.30. The van der Waals surface area contributed by atoms with E-state index in [1.165, 1.54) is 47.0 Å². The molecule has 4 atom stereocenters. The van der Waals surface area contributed by atoms with Crippen LogP contribution in [0.4, 0.5) is 5.69 Å². The van der Waals surface area contributed by atoms with Gasteiger partial charge in [0, 0.05) is 37.2 Å². The molecule has 2 fully saturated rings. The lowest BCUT2D eigenvalue weighted by Gasteiger charge is -2.40. The number of aromatic amines is 1. The second-order valence-electron chi connectivity index (χ2n) is 7.39. The van der Waals surface area contributed by atoms with Crippen molar-refractivity contribution in [3.63, 3.8) is 0 Å². The van der Waals surface area contributed by atoms with Gasteiger partial charge in [0.25, 0.3) is 11.2 Å². The lowest BCUT2D eigenvalue weighted by Crippen LogP contribution is -2.51. The van der Waals surface area contributed by atoms with Crippen molar-refractivity contribution in [3.05, 3.63) is 72.5 Å². The summed E-state index contributed by atoms with van der Waals surface area (Å²) in [5, 5.41) is 12.3. The fourth-order valence-corrected chi connectivity index (χ4v) is 3.80. The van der Waals surface area contributed by atoms with Crippen molar-refractivity contribution in [3.8, 4) is 0 Å². The number of hydrogen-bond acceptors (Lipinski definition) is 9. The average molecular weight is 432 g/mol. The van der Waals surface area contributed by atoms with E-state index in [4.69, 9.17) is 14.3 Å². The van der Waals surface area contributed by atoms with Gasteiger partial charge >= 0.3 is 11.7 Å². The fraction of sp³-hybridized carbons (Fsp3) is 0.421. The third-order valence-corrected chi connectivity index (χ3v) is 5.26. The molecule has 0 amide bonds. The lowest BCUT2D eigenvalue weighted by molar-refractivity contribution is -0.384. The van der Waals surface area contributed by atoms with Crippen LogP contribution in [-0.4, -0.2) is 44.3 Å². The van der Waals surface area contributed by atoms with Crippen LogP contribution in [0.2, 0.25) is 0 Å². The van der Waals surface area contributed by atoms with Gasteiger partial charge in [0.05, 0.1) is 17.6 Å². The zero-order valence-electron chi connectivity index (χ0n) is 16.7. The third kappa shape index (κ3) is 4.00. The Balaban J connectivity index is 1.63. The number of non-ortho nitro benzene ring substituents is 1. The number of nitrogens with zero attached hydrogens (tertiary/aromatic N) is 3. The van der Waals surface area contributed by atoms with Gasteiger partial charge in [-0.3, -0.25) is 29.3 Å². The van der Waals surface area contributed by atoms with Crippen LogP contribution in [-0.2, 0) is 19.1 Å². The lowest BCUT2D eigenvalue weighted by atomic mass is 10.1. The van der Waals surface area contributed by atoms with Gasteiger partial charge in [0.2, 0.25) is 0 Å². The molecule has 4 rings (SSSR count). The molecule has 1 aromatic heterocycles. The second kappa shape index (κ2) is 8.06. The summed E-state index contributed by atoms with van der Waals surface area (Å²) in [6.07, 6.45) is -0.292. The van der Waals surface area contributed by atoms with Gasteiger partial charge in [-0.2, -0.15) is 0 Å². The highest BCUT2D eigenvalue weighted by molar-refractivity contribution is 5.65. The van der Waals surface area contributed by atoms with Gasteiger partial charge in [-0.15, -0.1) is 5.06 Å². The second-order valence-corrected chi connectivity index (χ2v) is 7.39. The molecule has 2 aliphatic heterocycles. The normalized spacial score (nSPS) is 25.7. The number of hydroxylamine groups is 2. The van der Waals surface area contributed by atoms with Crippen molar-refractivity contribution >= 4 is 11.7 Å². The molecule has 0 bridgehead atoms. The molecule has 12 heteroatoms. The number of nitro groups is 1. The number of fused-ring (bicyclic) bond motifs is 1. The van der Waals surface area contributed by atoms with Crippen LogP contribution in [0.5, 0.6) is 0 Å². The van der Waals surface area contributed by atoms with Gasteiger partial charge in [-0.05, 0) is 24.6 Å². The van der Waals surface area contributed by atoms with Gasteiger partial charge in [-0.25, -0.2) is 4.79 Å². The van der Waals surface area contributed by atoms with Crippen LogP contribution < -0.4 is 11.2 Å². The molecule has 3 heterocycles. The molecule has 2 saturated heterocycles. The number of H-pyrrole nitrogens is 1. The number of hydrogen-bond donors (Lipinski definition) is 1. The summed E-state index contributed by atoms with van der Waals surface area (Å²) in [6.45, 7) is 2.98. The predicted molar refractivity (Wildman–Crippen MR) is 104 cm³/mol. The first-order chi connectivity index (χ1) is 14.7. The quantitative estimate of drug-likeness (QED) is 0.550. The molecular formula is C19H20N4O8. The summed E-state index contributed by atoms with van der Waals surface area (Å²) in [5.41, 5.74) is -0.236. The standard InChI is InChI=1S/C19H20N4O8/c1-10-8-21(19(26)20-17(10)25)16-7-14-15(30-16)9-29-18(22(14)31-11(2)24)12-3-5-13(6-4-12)23(27)28/h3-6,8,14-16,18H,7,9H2,1-2H3,(H,20,25,26). The van der Waals surface area contributed by atoms with Crippen molar-refractivity contribution in [2.75, 3.05) is 6.61 Å². The number of nitrogens with one attached hydrogen (secondary N) is 1. The molecule has 0 spiro atoms. The monoisotopic (exact) mass is 432 g/mol. The van der Waals surface area contributed by atoms with E-state index in [9.17, 15) is 24.5 Å². The zero-order chi connectivity index (χ0) is 22.3. The molecule has 1 aromatic carbocycles. The van der Waals surface area contributed by atoms with Crippen LogP contribution >= 0.6 is 0 Å². The summed E-state index contributed by atoms with van der Waals surface area (Å²) < 4.78 is 13.1. The molecule has 4 unspecified atom stereocenters. The highest BCUT2D eigenvalue weighted by atomic mass is 16.7. The first kappa shape index (κ1) is 20.9. The zero-order valence-corrected chi connectivity index (χ0v) is 16.7. The first-order valence-corrected chi connectivity index (χ1v) is 9.55. The van der Waals surface area contributed by atoms with E-state index in [1.807, 2.05) is 0 Å². The summed E-state index contributed by atoms with van der Waals surface area (Å²) >= 11 is 0. The molecule has 0 aliphatic carbocycles. The molecule has 12 nitrogen and oxygen atoms in total. The van der Waals surface area contributed by atoms with E-state index in [0.29, 0.717) is 11.1 Å². The highest BCUT2D eigenvalue weighted by Crippen LogP contribution is 2.40. The van der Waals surface area contributed by atoms with Gasteiger partial charge in [0.15, 0.2) is 6.23 Å². The van der Waals surface area contributed by atoms with E-state index in [-0.39, 0.29) is 18.7 Å². The Bertz CT molecular complexity index is 1120. The Kier molecular flexibility index (Phi) is 5.43. The minimum absolute atomic E-state index is 0.0754. The maximum Gasteiger partial charge on any atom is 0.330 e. The Morgan fingerprint density at radius 3 is 2.65 bits per heavy atom. The number of ether oxygens (including phenoxy) is 2. The summed E-state index contributed by atoms with van der Waals surface area (Å²) in [4.78, 5) is 53.8. The van der Waals surface area contributed by atoms with E-state index >= 15 is 0 Å². The predicted octanol–water partition coefficient (Wildman–Crippen LogP) is 0.918. The van der Waals surface area contributed by atoms with Crippen molar-refractivity contribution < 1.29 is 24.0 Å². The van der Waals surface area contributed by atoms with Crippen molar-refractivity contribution in [1.82, 2.24) is 14.6 Å². The third-order valence-electron chi connectivity index (χ3n) is 5.26. The van der Waals surface area contributed by atoms with Crippen LogP contribution in [0.1, 0.15) is 36.9 Å². The largest absolute Gasteiger partial charge is 0.365 e. The first-order valence-electron chi connectivity index (χ1n) is 9.55. The number of nitro benzene ring substituents is 1. The molecule has 0 saturated carbocycles. The Morgan fingerprint density at radius 1 is 1.29 bits per heavy atom. The van der Waals surface area contributed by atoms with E-state index in [1.54, 1.807) is 6.92 Å². The van der Waals surface area contributed by atoms with E-state index in [2.05, 4.69) is 4.98 Å². The summed E-state index contributed by atoms with van der Waals surface area (Å²) in [7, 11) is 0. The van der Waals surface area contributed by atoms with Crippen LogP contribution in [0.25, 0.3) is 0 Å². The van der Waals surface area contributed by atoms with E-state index < -0.39 is 46.7 Å². The van der Waals surface area contributed by atoms with Crippen molar-refractivity contribution in [1.29, 1.82) is 0 Å². The molecule has 1 N–H and O–H groups in total. The number of aromatic nitrogens is 2. The Morgan fingerprint density at radius 2 is 2.00 bits per heavy atom. The Hall–Kier alpha value is -3.35. The van der Waals surface area contributed by atoms with Gasteiger partial charge < -0.3 is 14.3 Å². The Labute approximate surface area is 175 Å². The maximum absolute atomic E-state index is 12.3. The number of aryl methyl sites for hydroxylation is 1. The topological polar surface area (TPSA) is 146 Å². The number of benzene rings is 1. The SMILES string of the molecule is CC(=O)ON1C(c2ccc([N+](=O)[O-])cc2)OCC2OC(n3cc(C)c(=O)[nH]c3=O)CC21. The number of rotatable bonds is 4. The van der Waals surface area contributed by atoms with Crippen molar-refractivity contribution in [2.24, 2.45) is 0 Å². The maximum atomic E-state index is 12.3. The molecule has 0 radical (unpaired) electrons. The van der Waals surface area contributed by atoms with E-state index in [0.717, 1.165) is 0 Å². The molecule has 2 aromatic rings. The minimum Gasteiger partial charge on any atom is -0.365 e. The van der Waals surface area contributed by atoms with Crippen LogP contribution in [0.15, 0.2) is 40.1 Å². The van der Waals surface area contributed by atoms with Gasteiger partial charge in [0.1, 0.15) is 12.3 Å². The molecule has 31 heavy (non-hydrogen) atoms. The molecule has 164 valence electrons. The van der Waals surface area contributed by atoms with Crippen LogP contribution in [0, 0.1) is 17.0 Å². The van der Waals surface area contributed by atoms with Gasteiger partial charge in [-0.1, -0.05) is 0 Å². The van der Waals surface area contributed by atoms with Crippen LogP contribution in [0.3, 0.4) is 0 Å². The fourth-order valence-electron chi connectivity index (χ4n) is 3.80. The number of carbonyl (C=O) groups excluding carboxylic acids is 1. The molecule has 2 aliphatic rings. The van der Waals surface area contributed by atoms with Crippen molar-refractivity contribution in [2.45, 2.75) is 44.9 Å². The minimum atomic E-state index is -0.803. The smallest absolute Gasteiger partial charge is 0.330 e. The summed E-state index contributed by atoms with van der Waals surface area (Å²) in [5.74, 6) is -0.573. The molecular weight excluding hydrogens is 412 g/mol. The number of carbonyl (C=O) groups is 1. The highest BCUT2D eigenvalue weighted by Gasteiger charge is 2.48. The average Bonchev–Trinajstić information content (AvgIpc) is 3.15.